The molecule has 0 bridgehead atoms. The van der Waals surface area contributed by atoms with Crippen molar-refractivity contribution in [1.82, 2.24) is 0 Å². The van der Waals surface area contributed by atoms with E-state index < -0.39 is 0 Å². The molecule has 0 aromatic carbocycles. The minimum absolute atomic E-state index is 0. The van der Waals surface area contributed by atoms with Gasteiger partial charge in [-0.1, -0.05) is 11.8 Å². The van der Waals surface area contributed by atoms with Crippen LogP contribution in [-0.4, -0.2) is 43.0 Å². The monoisotopic (exact) mass is 241 g/mol. The Balaban J connectivity index is 0. The van der Waals surface area contributed by atoms with E-state index >= 15 is 0 Å². The molecule has 0 atom stereocenters. The Bertz CT molecular complexity index is 122. The zero-order chi connectivity index (χ0) is 8.20. The minimum atomic E-state index is 0. The number of nitrogens with zero attached hydrogens (tertiary/aromatic N) is 1. The van der Waals surface area contributed by atoms with Gasteiger partial charge in [-0.2, -0.15) is 0 Å². The lowest BCUT2D eigenvalue weighted by atomic mass is 10.6. The number of rotatable bonds is 3. The third-order valence-electron chi connectivity index (χ3n) is 1.07. The SMILES string of the molecule is CC(=O)SCC[N+](C)(C)C.[Br-]. The molecule has 0 aromatic heterocycles. The number of carbonyl (C=O) groups excluding carboxylic acids is 1. The number of hydrogen-bond acceptors (Lipinski definition) is 2. The van der Waals surface area contributed by atoms with Gasteiger partial charge in [-0.15, -0.1) is 0 Å². The molecular weight excluding hydrogens is 226 g/mol. The average Bonchev–Trinajstić information content (AvgIpc) is 1.59. The van der Waals surface area contributed by atoms with Crippen molar-refractivity contribution in [2.45, 2.75) is 6.92 Å². The Morgan fingerprint density at radius 2 is 1.82 bits per heavy atom. The van der Waals surface area contributed by atoms with Gasteiger partial charge in [0.15, 0.2) is 5.12 Å². The van der Waals surface area contributed by atoms with E-state index in [1.807, 2.05) is 0 Å². The van der Waals surface area contributed by atoms with Gasteiger partial charge in [0.2, 0.25) is 0 Å². The van der Waals surface area contributed by atoms with E-state index in [0.717, 1.165) is 16.8 Å². The summed E-state index contributed by atoms with van der Waals surface area (Å²) >= 11 is 1.40. The van der Waals surface area contributed by atoms with E-state index in [-0.39, 0.29) is 22.1 Å². The quantitative estimate of drug-likeness (QED) is 0.531. The van der Waals surface area contributed by atoms with Crippen molar-refractivity contribution < 1.29 is 26.3 Å². The molecule has 0 aromatic rings. The predicted molar refractivity (Wildman–Crippen MR) is 46.0 cm³/mol. The van der Waals surface area contributed by atoms with Crippen LogP contribution in [0.4, 0.5) is 0 Å². The molecule has 0 aliphatic heterocycles. The van der Waals surface area contributed by atoms with Crippen LogP contribution < -0.4 is 17.0 Å². The molecule has 0 unspecified atom stereocenters. The molecule has 0 saturated heterocycles. The van der Waals surface area contributed by atoms with Gasteiger partial charge in [0.25, 0.3) is 0 Å². The second kappa shape index (κ2) is 6.03. The first-order valence-corrected chi connectivity index (χ1v) is 4.34. The Kier molecular flexibility index (Phi) is 7.68. The summed E-state index contributed by atoms with van der Waals surface area (Å²) in [5.41, 5.74) is 0. The van der Waals surface area contributed by atoms with Crippen LogP contribution >= 0.6 is 11.8 Å². The van der Waals surface area contributed by atoms with Gasteiger partial charge < -0.3 is 21.5 Å². The molecule has 0 fully saturated rings. The number of thioether (sulfide) groups is 1. The van der Waals surface area contributed by atoms with Crippen LogP contribution in [0.15, 0.2) is 0 Å². The topological polar surface area (TPSA) is 17.1 Å². The third-order valence-corrected chi connectivity index (χ3v) is 1.86. The largest absolute Gasteiger partial charge is 1.00 e. The predicted octanol–water partition coefficient (Wildman–Crippen LogP) is -2.02. The lowest BCUT2D eigenvalue weighted by Gasteiger charge is -2.22. The van der Waals surface area contributed by atoms with Crippen molar-refractivity contribution >= 4 is 16.9 Å². The van der Waals surface area contributed by atoms with Gasteiger partial charge in [0.1, 0.15) is 0 Å². The normalized spacial score (nSPS) is 10.5. The van der Waals surface area contributed by atoms with Gasteiger partial charge in [-0.05, 0) is 0 Å². The van der Waals surface area contributed by atoms with E-state index in [1.165, 1.54) is 11.8 Å². The number of halogens is 1. The maximum absolute atomic E-state index is 10.5. The van der Waals surface area contributed by atoms with Crippen molar-refractivity contribution in [3.05, 3.63) is 0 Å². The molecule has 68 valence electrons. The zero-order valence-corrected chi connectivity index (χ0v) is 9.96. The minimum Gasteiger partial charge on any atom is -1.00 e. The molecule has 0 spiro atoms. The number of hydrogen-bond donors (Lipinski definition) is 0. The second-order valence-electron chi connectivity index (χ2n) is 3.35. The van der Waals surface area contributed by atoms with E-state index in [4.69, 9.17) is 0 Å². The van der Waals surface area contributed by atoms with Gasteiger partial charge in [-0.25, -0.2) is 0 Å². The van der Waals surface area contributed by atoms with Crippen LogP contribution in [-0.2, 0) is 4.79 Å². The van der Waals surface area contributed by atoms with Crippen LogP contribution in [0.5, 0.6) is 0 Å². The van der Waals surface area contributed by atoms with Gasteiger partial charge >= 0.3 is 0 Å². The first-order valence-electron chi connectivity index (χ1n) is 3.35. The van der Waals surface area contributed by atoms with Crippen LogP contribution in [0.25, 0.3) is 0 Å². The smallest absolute Gasteiger partial charge is 0.186 e. The highest BCUT2D eigenvalue weighted by molar-refractivity contribution is 8.13. The molecule has 4 heteroatoms. The van der Waals surface area contributed by atoms with Crippen molar-refractivity contribution in [2.24, 2.45) is 0 Å². The van der Waals surface area contributed by atoms with Crippen LogP contribution in [0.3, 0.4) is 0 Å². The van der Waals surface area contributed by atoms with Crippen molar-refractivity contribution in [3.63, 3.8) is 0 Å². The van der Waals surface area contributed by atoms with E-state index in [9.17, 15) is 4.79 Å². The molecule has 0 radical (unpaired) electrons. The Labute approximate surface area is 83.7 Å². The first-order chi connectivity index (χ1) is 4.42. The standard InChI is InChI=1S/C7H16NOS.BrH/c1-7(9)10-6-5-8(2,3)4;/h5-6H2,1-4H3;1H/q+1;/p-1. The molecule has 0 N–H and O–H groups in total. The summed E-state index contributed by atoms with van der Waals surface area (Å²) in [5, 5.41) is 0.216. The molecule has 0 saturated carbocycles. The van der Waals surface area contributed by atoms with Crippen LogP contribution in [0.1, 0.15) is 6.92 Å². The molecule has 0 heterocycles. The van der Waals surface area contributed by atoms with Crippen LogP contribution in [0.2, 0.25) is 0 Å². The Morgan fingerprint density at radius 3 is 2.09 bits per heavy atom. The first kappa shape index (κ1) is 14.0. The fraction of sp³-hybridized carbons (Fsp3) is 0.857. The summed E-state index contributed by atoms with van der Waals surface area (Å²) < 4.78 is 0.931. The fourth-order valence-electron chi connectivity index (χ4n) is 0.463. The summed E-state index contributed by atoms with van der Waals surface area (Å²) in [4.78, 5) is 10.5. The molecular formula is C7H16BrNOS. The second-order valence-corrected chi connectivity index (χ2v) is 4.63. The van der Waals surface area contributed by atoms with Crippen molar-refractivity contribution in [2.75, 3.05) is 33.4 Å². The Hall–Kier alpha value is 0.460. The summed E-state index contributed by atoms with van der Waals surface area (Å²) in [7, 11) is 6.38. The summed E-state index contributed by atoms with van der Waals surface area (Å²) in [6.45, 7) is 2.66. The molecule has 11 heavy (non-hydrogen) atoms. The van der Waals surface area contributed by atoms with Crippen molar-refractivity contribution in [1.29, 1.82) is 0 Å². The Morgan fingerprint density at radius 1 is 1.36 bits per heavy atom. The lowest BCUT2D eigenvalue weighted by molar-refractivity contribution is -0.867. The lowest BCUT2D eigenvalue weighted by Crippen LogP contribution is -3.00. The van der Waals surface area contributed by atoms with Crippen LogP contribution in [0, 0.1) is 0 Å². The summed E-state index contributed by atoms with van der Waals surface area (Å²) in [6, 6.07) is 0. The van der Waals surface area contributed by atoms with E-state index in [2.05, 4.69) is 21.1 Å². The maximum Gasteiger partial charge on any atom is 0.186 e. The summed E-state index contributed by atoms with van der Waals surface area (Å²) in [6.07, 6.45) is 0. The molecule has 0 amide bonds. The highest BCUT2D eigenvalue weighted by Crippen LogP contribution is 2.02. The zero-order valence-electron chi connectivity index (χ0n) is 7.56. The number of carbonyl (C=O) groups is 1. The van der Waals surface area contributed by atoms with Gasteiger partial charge in [0.05, 0.1) is 33.4 Å². The molecule has 0 aliphatic rings. The van der Waals surface area contributed by atoms with Gasteiger partial charge in [0, 0.05) is 6.92 Å². The summed E-state index contributed by atoms with van der Waals surface area (Å²) in [5.74, 6) is 0.929. The number of quaternary nitrogens is 1. The molecule has 0 aliphatic carbocycles. The highest BCUT2D eigenvalue weighted by atomic mass is 79.9. The molecule has 2 nitrogen and oxygen atoms in total. The highest BCUT2D eigenvalue weighted by Gasteiger charge is 2.06. The van der Waals surface area contributed by atoms with Gasteiger partial charge in [-0.3, -0.25) is 4.79 Å². The average molecular weight is 242 g/mol. The molecule has 0 rings (SSSR count). The van der Waals surface area contributed by atoms with E-state index in [0.29, 0.717) is 0 Å². The fourth-order valence-corrected chi connectivity index (χ4v) is 1.39. The van der Waals surface area contributed by atoms with Crippen molar-refractivity contribution in [3.8, 4) is 0 Å². The maximum atomic E-state index is 10.5. The van der Waals surface area contributed by atoms with E-state index in [1.54, 1.807) is 6.92 Å². The third kappa shape index (κ3) is 13.5.